The zero-order valence-corrected chi connectivity index (χ0v) is 11.7. The van der Waals surface area contributed by atoms with Gasteiger partial charge in [-0.3, -0.25) is 4.79 Å². The molecule has 0 saturated carbocycles. The van der Waals surface area contributed by atoms with Crippen molar-refractivity contribution in [2.24, 2.45) is 0 Å². The van der Waals surface area contributed by atoms with Crippen molar-refractivity contribution in [2.45, 2.75) is 32.0 Å². The minimum absolute atomic E-state index is 0.146. The molecule has 0 unspecified atom stereocenters. The zero-order valence-electron chi connectivity index (χ0n) is 10.7. The molecule has 1 aromatic rings. The van der Waals surface area contributed by atoms with E-state index < -0.39 is 14.0 Å². The van der Waals surface area contributed by atoms with E-state index in [2.05, 4.69) is 25.2 Å². The summed E-state index contributed by atoms with van der Waals surface area (Å²) in [6.45, 7) is 6.41. The van der Waals surface area contributed by atoms with Crippen LogP contribution in [-0.4, -0.2) is 19.1 Å². The maximum Gasteiger partial charge on any atom is 0.303 e. The van der Waals surface area contributed by atoms with Crippen LogP contribution in [0.3, 0.4) is 0 Å². The topological polar surface area (TPSA) is 37.3 Å². The Morgan fingerprint density at radius 1 is 1.35 bits per heavy atom. The molecule has 0 radical (unpaired) electrons. The first-order valence-electron chi connectivity index (χ1n) is 5.88. The monoisotopic (exact) mass is 248 g/mol. The summed E-state index contributed by atoms with van der Waals surface area (Å²) < 4.78 is 0. The van der Waals surface area contributed by atoms with E-state index in [1.807, 2.05) is 37.3 Å². The molecule has 2 nitrogen and oxygen atoms in total. The van der Waals surface area contributed by atoms with Gasteiger partial charge >= 0.3 is 5.97 Å². The van der Waals surface area contributed by atoms with Crippen molar-refractivity contribution in [1.29, 1.82) is 0 Å². The van der Waals surface area contributed by atoms with Gasteiger partial charge in [-0.15, -0.1) is 0 Å². The highest BCUT2D eigenvalue weighted by molar-refractivity contribution is 6.91. The molecule has 1 rings (SSSR count). The molecule has 3 heteroatoms. The number of benzene rings is 1. The molecule has 0 aliphatic rings. The second-order valence-electron chi connectivity index (χ2n) is 4.82. The lowest BCUT2D eigenvalue weighted by Crippen LogP contribution is -2.46. The minimum Gasteiger partial charge on any atom is -0.481 e. The van der Waals surface area contributed by atoms with Gasteiger partial charge in [0.1, 0.15) is 0 Å². The molecule has 1 aromatic carbocycles. The molecule has 0 fully saturated rings. The summed E-state index contributed by atoms with van der Waals surface area (Å²) in [6.07, 6.45) is 4.23. The number of carboxylic acid groups (broad SMARTS) is 1. The van der Waals surface area contributed by atoms with Crippen LogP contribution in [-0.2, 0) is 4.79 Å². The van der Waals surface area contributed by atoms with Crippen LogP contribution in [0.1, 0.15) is 13.3 Å². The molecule has 92 valence electrons. The number of hydrogen-bond donors (Lipinski definition) is 1. The van der Waals surface area contributed by atoms with Gasteiger partial charge in [0, 0.05) is 6.42 Å². The van der Waals surface area contributed by atoms with E-state index in [4.69, 9.17) is 5.11 Å². The third-order valence-electron chi connectivity index (χ3n) is 3.26. The van der Waals surface area contributed by atoms with Crippen LogP contribution in [0.4, 0.5) is 0 Å². The quantitative estimate of drug-likeness (QED) is 0.642. The average Bonchev–Trinajstić information content (AvgIpc) is 2.29. The highest BCUT2D eigenvalue weighted by Gasteiger charge is 2.33. The van der Waals surface area contributed by atoms with Crippen LogP contribution in [0.25, 0.3) is 0 Å². The van der Waals surface area contributed by atoms with Crippen molar-refractivity contribution in [3.05, 3.63) is 42.5 Å². The SMILES string of the molecule is C/C=C/[C@H](CC(=O)O)[Si](C)(C)c1ccccc1. The van der Waals surface area contributed by atoms with E-state index in [1.54, 1.807) is 0 Å². The highest BCUT2D eigenvalue weighted by Crippen LogP contribution is 2.27. The van der Waals surface area contributed by atoms with Gasteiger partial charge in [0.05, 0.1) is 8.07 Å². The first kappa shape index (κ1) is 13.7. The Morgan fingerprint density at radius 3 is 2.41 bits per heavy atom. The van der Waals surface area contributed by atoms with E-state index in [0.29, 0.717) is 0 Å². The fraction of sp³-hybridized carbons (Fsp3) is 0.357. The Labute approximate surface area is 104 Å². The number of allylic oxidation sites excluding steroid dienone is 2. The molecule has 0 amide bonds. The highest BCUT2D eigenvalue weighted by atomic mass is 28.3. The Kier molecular flexibility index (Phi) is 4.69. The number of hydrogen-bond acceptors (Lipinski definition) is 1. The van der Waals surface area contributed by atoms with E-state index in [9.17, 15) is 4.79 Å². The van der Waals surface area contributed by atoms with E-state index in [1.165, 1.54) is 5.19 Å². The maximum absolute atomic E-state index is 11.0. The first-order valence-corrected chi connectivity index (χ1v) is 8.96. The predicted molar refractivity (Wildman–Crippen MR) is 74.4 cm³/mol. The number of rotatable bonds is 5. The van der Waals surface area contributed by atoms with E-state index >= 15 is 0 Å². The van der Waals surface area contributed by atoms with Crippen molar-refractivity contribution in [3.63, 3.8) is 0 Å². The largest absolute Gasteiger partial charge is 0.481 e. The van der Waals surface area contributed by atoms with Crippen molar-refractivity contribution >= 4 is 19.2 Å². The fourth-order valence-electron chi connectivity index (χ4n) is 2.07. The molecule has 0 aromatic heterocycles. The van der Waals surface area contributed by atoms with Gasteiger partial charge in [-0.1, -0.05) is 60.8 Å². The standard InChI is InChI=1S/C14H20O2Si/c1-4-8-13(11-14(15)16)17(2,3)12-9-6-5-7-10-12/h4-10,13H,11H2,1-3H3,(H,15,16)/b8-4+/t13-/m1/s1. The van der Waals surface area contributed by atoms with Gasteiger partial charge < -0.3 is 5.11 Å². The lowest BCUT2D eigenvalue weighted by molar-refractivity contribution is -0.136. The zero-order chi connectivity index (χ0) is 12.9. The third-order valence-corrected chi connectivity index (χ3v) is 7.34. The fourth-order valence-corrected chi connectivity index (χ4v) is 4.90. The Morgan fingerprint density at radius 2 is 1.94 bits per heavy atom. The predicted octanol–water partition coefficient (Wildman–Crippen LogP) is 3.02. The van der Waals surface area contributed by atoms with E-state index in [0.717, 1.165) is 0 Å². The van der Waals surface area contributed by atoms with Crippen LogP contribution >= 0.6 is 0 Å². The molecular formula is C14H20O2Si. The number of carboxylic acids is 1. The summed E-state index contributed by atoms with van der Waals surface area (Å²) in [5, 5.41) is 10.3. The first-order chi connectivity index (χ1) is 7.98. The van der Waals surface area contributed by atoms with E-state index in [-0.39, 0.29) is 12.0 Å². The molecule has 1 atom stereocenters. The summed E-state index contributed by atoms with van der Waals surface area (Å²) in [6, 6.07) is 10.3. The summed E-state index contributed by atoms with van der Waals surface area (Å²) in [5.41, 5.74) is 0.146. The Balaban J connectivity index is 3.03. The number of carbonyl (C=O) groups is 1. The molecule has 0 bridgehead atoms. The minimum atomic E-state index is -1.76. The number of aliphatic carboxylic acids is 1. The summed E-state index contributed by atoms with van der Waals surface area (Å²) >= 11 is 0. The van der Waals surface area contributed by atoms with Crippen molar-refractivity contribution < 1.29 is 9.90 Å². The summed E-state index contributed by atoms with van der Waals surface area (Å²) in [5.74, 6) is -0.718. The Hall–Kier alpha value is -1.35. The molecule has 0 saturated heterocycles. The molecule has 0 aliphatic heterocycles. The van der Waals surface area contributed by atoms with Gasteiger partial charge in [0.15, 0.2) is 0 Å². The van der Waals surface area contributed by atoms with Gasteiger partial charge in [-0.25, -0.2) is 0 Å². The smallest absolute Gasteiger partial charge is 0.303 e. The van der Waals surface area contributed by atoms with Crippen LogP contribution in [0.5, 0.6) is 0 Å². The second kappa shape index (κ2) is 5.82. The molecule has 0 spiro atoms. The molecular weight excluding hydrogens is 228 g/mol. The maximum atomic E-state index is 11.0. The van der Waals surface area contributed by atoms with Gasteiger partial charge in [-0.2, -0.15) is 0 Å². The van der Waals surface area contributed by atoms with Crippen LogP contribution < -0.4 is 5.19 Å². The molecule has 17 heavy (non-hydrogen) atoms. The third kappa shape index (κ3) is 3.56. The second-order valence-corrected chi connectivity index (χ2v) is 9.58. The lowest BCUT2D eigenvalue weighted by Gasteiger charge is -2.30. The summed E-state index contributed by atoms with van der Waals surface area (Å²) in [7, 11) is -1.76. The Bertz CT molecular complexity index is 396. The van der Waals surface area contributed by atoms with Crippen molar-refractivity contribution in [1.82, 2.24) is 0 Å². The van der Waals surface area contributed by atoms with Gasteiger partial charge in [0.2, 0.25) is 0 Å². The van der Waals surface area contributed by atoms with Crippen LogP contribution in [0.15, 0.2) is 42.5 Å². The van der Waals surface area contributed by atoms with Gasteiger partial charge in [0.25, 0.3) is 0 Å². The van der Waals surface area contributed by atoms with Crippen molar-refractivity contribution in [2.75, 3.05) is 0 Å². The normalized spacial score (nSPS) is 13.8. The van der Waals surface area contributed by atoms with Crippen LogP contribution in [0, 0.1) is 0 Å². The summed E-state index contributed by atoms with van der Waals surface area (Å²) in [4.78, 5) is 11.0. The molecule has 0 heterocycles. The average molecular weight is 248 g/mol. The molecule has 1 N–H and O–H groups in total. The van der Waals surface area contributed by atoms with Gasteiger partial charge in [-0.05, 0) is 12.5 Å². The lowest BCUT2D eigenvalue weighted by atomic mass is 10.3. The van der Waals surface area contributed by atoms with Crippen molar-refractivity contribution in [3.8, 4) is 0 Å². The molecule has 0 aliphatic carbocycles. The van der Waals surface area contributed by atoms with Crippen LogP contribution in [0.2, 0.25) is 18.6 Å².